The van der Waals surface area contributed by atoms with E-state index in [2.05, 4.69) is 50.0 Å². The summed E-state index contributed by atoms with van der Waals surface area (Å²) in [6.45, 7) is 12.0. The van der Waals surface area contributed by atoms with Gasteiger partial charge >= 0.3 is 6.09 Å². The first-order chi connectivity index (χ1) is 9.40. The average molecular weight is 275 g/mol. The third-order valence-electron chi connectivity index (χ3n) is 3.56. The number of carbonyl (C=O) groups is 1. The van der Waals surface area contributed by atoms with Crippen molar-refractivity contribution in [3.05, 3.63) is 48.0 Å². The molecule has 1 unspecified atom stereocenters. The Morgan fingerprint density at radius 3 is 2.50 bits per heavy atom. The highest BCUT2D eigenvalue weighted by atomic mass is 16.5. The van der Waals surface area contributed by atoms with Crippen molar-refractivity contribution in [3.8, 4) is 0 Å². The summed E-state index contributed by atoms with van der Waals surface area (Å²) in [6, 6.07) is 8.38. The topological polar surface area (TPSA) is 38.3 Å². The average Bonchev–Trinajstić information content (AvgIpc) is 2.44. The minimum atomic E-state index is -0.466. The minimum absolute atomic E-state index is 0.217. The first kappa shape index (κ1) is 16.3. The molecule has 3 nitrogen and oxygen atoms in total. The molecule has 0 heterocycles. The third-order valence-corrected chi connectivity index (χ3v) is 3.56. The van der Waals surface area contributed by atoms with E-state index in [0.717, 1.165) is 12.0 Å². The highest BCUT2D eigenvalue weighted by molar-refractivity contribution is 5.68. The number of benzene rings is 1. The maximum absolute atomic E-state index is 11.6. The Hall–Kier alpha value is -1.77. The zero-order valence-electron chi connectivity index (χ0n) is 12.9. The summed E-state index contributed by atoms with van der Waals surface area (Å²) in [6.07, 6.45) is 2.24. The number of ether oxygens (including phenoxy) is 1. The second kappa shape index (κ2) is 7.13. The van der Waals surface area contributed by atoms with E-state index in [4.69, 9.17) is 4.74 Å². The number of amides is 1. The summed E-state index contributed by atoms with van der Waals surface area (Å²) in [5, 5.41) is 2.86. The Labute approximate surface area is 122 Å². The van der Waals surface area contributed by atoms with Crippen LogP contribution < -0.4 is 5.32 Å². The lowest BCUT2D eigenvalue weighted by Gasteiger charge is -2.26. The maximum Gasteiger partial charge on any atom is 0.408 e. The van der Waals surface area contributed by atoms with E-state index < -0.39 is 11.6 Å². The highest BCUT2D eigenvalue weighted by Gasteiger charge is 2.23. The van der Waals surface area contributed by atoms with Crippen LogP contribution in [0.15, 0.2) is 36.9 Å². The maximum atomic E-state index is 11.6. The Bertz CT molecular complexity index is 449. The zero-order valence-corrected chi connectivity index (χ0v) is 12.9. The molecule has 0 radical (unpaired) electrons. The second-order valence-electron chi connectivity index (χ2n) is 5.57. The van der Waals surface area contributed by atoms with Crippen molar-refractivity contribution in [2.75, 3.05) is 6.61 Å². The van der Waals surface area contributed by atoms with Crippen molar-refractivity contribution in [2.45, 2.75) is 45.6 Å². The van der Waals surface area contributed by atoms with Gasteiger partial charge in [0.05, 0.1) is 5.54 Å². The van der Waals surface area contributed by atoms with Gasteiger partial charge in [0.15, 0.2) is 0 Å². The predicted octanol–water partition coefficient (Wildman–Crippen LogP) is 4.35. The Morgan fingerprint density at radius 2 is 2.00 bits per heavy atom. The van der Waals surface area contributed by atoms with Gasteiger partial charge in [-0.05, 0) is 37.3 Å². The van der Waals surface area contributed by atoms with E-state index >= 15 is 0 Å². The van der Waals surface area contributed by atoms with Gasteiger partial charge in [-0.15, -0.1) is 0 Å². The number of hydrogen-bond acceptors (Lipinski definition) is 2. The van der Waals surface area contributed by atoms with E-state index in [1.165, 1.54) is 5.56 Å². The number of hydrogen-bond donors (Lipinski definition) is 1. The summed E-state index contributed by atoms with van der Waals surface area (Å²) < 4.78 is 4.96. The van der Waals surface area contributed by atoms with Crippen LogP contribution in [-0.2, 0) is 10.3 Å². The largest absolute Gasteiger partial charge is 0.445 e. The smallest absolute Gasteiger partial charge is 0.408 e. The molecule has 0 saturated carbocycles. The van der Waals surface area contributed by atoms with E-state index in [1.54, 1.807) is 6.08 Å². The lowest BCUT2D eigenvalue weighted by molar-refractivity contribution is 0.147. The Kier molecular flexibility index (Phi) is 5.81. The number of rotatable bonds is 6. The lowest BCUT2D eigenvalue weighted by Crippen LogP contribution is -2.41. The Balaban J connectivity index is 2.76. The fourth-order valence-corrected chi connectivity index (χ4v) is 1.96. The van der Waals surface area contributed by atoms with E-state index in [1.807, 2.05) is 13.8 Å². The van der Waals surface area contributed by atoms with Crippen molar-refractivity contribution in [1.29, 1.82) is 0 Å². The van der Waals surface area contributed by atoms with Crippen LogP contribution in [0.2, 0.25) is 0 Å². The van der Waals surface area contributed by atoms with Crippen molar-refractivity contribution >= 4 is 6.09 Å². The quantitative estimate of drug-likeness (QED) is 0.784. The molecular formula is C17H25NO2. The molecule has 1 rings (SSSR count). The SMILES string of the molecule is C=CCOC(=O)NC(C)(C)c1ccc(C(C)CC)cc1. The number of nitrogens with one attached hydrogen (secondary N) is 1. The molecule has 0 fully saturated rings. The van der Waals surface area contributed by atoms with Gasteiger partial charge < -0.3 is 10.1 Å². The molecule has 0 saturated heterocycles. The first-order valence-electron chi connectivity index (χ1n) is 7.07. The molecule has 1 amide bonds. The van der Waals surface area contributed by atoms with Crippen molar-refractivity contribution in [3.63, 3.8) is 0 Å². The van der Waals surface area contributed by atoms with Gasteiger partial charge in [0.2, 0.25) is 0 Å². The first-order valence-corrected chi connectivity index (χ1v) is 7.07. The monoisotopic (exact) mass is 275 g/mol. The number of carbonyl (C=O) groups excluding carboxylic acids is 1. The predicted molar refractivity (Wildman–Crippen MR) is 82.9 cm³/mol. The van der Waals surface area contributed by atoms with Gasteiger partial charge in [-0.1, -0.05) is 50.8 Å². The molecule has 1 atom stereocenters. The van der Waals surface area contributed by atoms with Gasteiger partial charge in [-0.2, -0.15) is 0 Å². The molecule has 1 N–H and O–H groups in total. The molecule has 0 aliphatic rings. The molecular weight excluding hydrogens is 250 g/mol. The van der Waals surface area contributed by atoms with Crippen molar-refractivity contribution in [1.82, 2.24) is 5.32 Å². The molecule has 0 spiro atoms. The summed E-state index contributed by atoms with van der Waals surface area (Å²) in [4.78, 5) is 11.6. The van der Waals surface area contributed by atoms with Crippen molar-refractivity contribution < 1.29 is 9.53 Å². The van der Waals surface area contributed by atoms with Crippen LogP contribution in [0.1, 0.15) is 51.2 Å². The van der Waals surface area contributed by atoms with Crippen LogP contribution in [0.25, 0.3) is 0 Å². The highest BCUT2D eigenvalue weighted by Crippen LogP contribution is 2.24. The van der Waals surface area contributed by atoms with Crippen LogP contribution in [-0.4, -0.2) is 12.7 Å². The minimum Gasteiger partial charge on any atom is -0.445 e. The fraction of sp³-hybridized carbons (Fsp3) is 0.471. The summed E-state index contributed by atoms with van der Waals surface area (Å²) in [5.74, 6) is 0.553. The Morgan fingerprint density at radius 1 is 1.40 bits per heavy atom. The van der Waals surface area contributed by atoms with Crippen LogP contribution in [0.4, 0.5) is 4.79 Å². The van der Waals surface area contributed by atoms with E-state index in [9.17, 15) is 4.79 Å². The summed E-state index contributed by atoms with van der Waals surface area (Å²) in [7, 11) is 0. The third kappa shape index (κ3) is 4.41. The molecule has 3 heteroatoms. The lowest BCUT2D eigenvalue weighted by atomic mass is 9.91. The fourth-order valence-electron chi connectivity index (χ4n) is 1.96. The van der Waals surface area contributed by atoms with Gasteiger partial charge in [0.25, 0.3) is 0 Å². The molecule has 0 aromatic heterocycles. The molecule has 1 aromatic rings. The van der Waals surface area contributed by atoms with Gasteiger partial charge in [-0.3, -0.25) is 0 Å². The molecule has 20 heavy (non-hydrogen) atoms. The van der Waals surface area contributed by atoms with Crippen molar-refractivity contribution in [2.24, 2.45) is 0 Å². The molecule has 0 aliphatic heterocycles. The molecule has 0 bridgehead atoms. The van der Waals surface area contributed by atoms with Gasteiger partial charge in [0, 0.05) is 0 Å². The second-order valence-corrected chi connectivity index (χ2v) is 5.57. The standard InChI is InChI=1S/C17H25NO2/c1-6-12-20-16(19)18-17(4,5)15-10-8-14(9-11-15)13(3)7-2/h6,8-11,13H,1,7,12H2,2-5H3,(H,18,19). The van der Waals surface area contributed by atoms with Gasteiger partial charge in [-0.25, -0.2) is 4.79 Å². The van der Waals surface area contributed by atoms with Gasteiger partial charge in [0.1, 0.15) is 6.61 Å². The van der Waals surface area contributed by atoms with Crippen LogP contribution in [0.5, 0.6) is 0 Å². The number of alkyl carbamates (subject to hydrolysis) is 1. The van der Waals surface area contributed by atoms with E-state index in [-0.39, 0.29) is 6.61 Å². The zero-order chi connectivity index (χ0) is 15.2. The van der Waals surface area contributed by atoms with Crippen LogP contribution in [0, 0.1) is 0 Å². The molecule has 110 valence electrons. The summed E-state index contributed by atoms with van der Waals surface area (Å²) in [5.41, 5.74) is 1.91. The van der Waals surface area contributed by atoms with E-state index in [0.29, 0.717) is 5.92 Å². The summed E-state index contributed by atoms with van der Waals surface area (Å²) >= 11 is 0. The van der Waals surface area contributed by atoms with Crippen LogP contribution in [0.3, 0.4) is 0 Å². The normalized spacial score (nSPS) is 12.6. The molecule has 1 aromatic carbocycles. The molecule has 0 aliphatic carbocycles. The van der Waals surface area contributed by atoms with Crippen LogP contribution >= 0.6 is 0 Å².